The third-order valence-electron chi connectivity index (χ3n) is 2.29. The van der Waals surface area contributed by atoms with Gasteiger partial charge in [0, 0.05) is 18.0 Å². The van der Waals surface area contributed by atoms with Crippen molar-refractivity contribution in [1.82, 2.24) is 9.36 Å². The van der Waals surface area contributed by atoms with Crippen LogP contribution >= 0.6 is 23.1 Å². The monoisotopic (exact) mass is 297 g/mol. The van der Waals surface area contributed by atoms with E-state index in [4.69, 9.17) is 11.6 Å². The second-order valence-electron chi connectivity index (χ2n) is 4.00. The van der Waals surface area contributed by atoms with E-state index in [9.17, 15) is 9.90 Å². The zero-order valence-corrected chi connectivity index (χ0v) is 11.7. The van der Waals surface area contributed by atoms with Crippen LogP contribution < -0.4 is 5.32 Å². The molecule has 7 heteroatoms. The van der Waals surface area contributed by atoms with Gasteiger partial charge in [0.15, 0.2) is 0 Å². The van der Waals surface area contributed by atoms with Gasteiger partial charge in [0.1, 0.15) is 5.82 Å². The summed E-state index contributed by atoms with van der Waals surface area (Å²) in [6.07, 6.45) is -0.153. The van der Waals surface area contributed by atoms with Crippen LogP contribution in [-0.4, -0.2) is 26.5 Å². The number of nitrogens with one attached hydrogen (secondary N) is 1. The fourth-order valence-electron chi connectivity index (χ4n) is 1.46. The molecule has 0 spiro atoms. The summed E-state index contributed by atoms with van der Waals surface area (Å²) in [6, 6.07) is 6.77. The largest absolute Gasteiger partial charge is 0.393 e. The minimum atomic E-state index is -0.512. The Labute approximate surface area is 119 Å². The molecule has 0 aliphatic rings. The van der Waals surface area contributed by atoms with Crippen molar-refractivity contribution >= 4 is 34.2 Å². The Morgan fingerprint density at radius 3 is 2.95 bits per heavy atom. The third kappa shape index (κ3) is 3.73. The lowest BCUT2D eigenvalue weighted by atomic mass is 10.2. The van der Waals surface area contributed by atoms with Crippen molar-refractivity contribution in [3.8, 4) is 0 Å². The van der Waals surface area contributed by atoms with E-state index >= 15 is 0 Å². The highest BCUT2D eigenvalue weighted by Gasteiger charge is 2.13. The van der Waals surface area contributed by atoms with Crippen molar-refractivity contribution in [2.45, 2.75) is 19.4 Å². The van der Waals surface area contributed by atoms with Crippen molar-refractivity contribution in [1.29, 1.82) is 0 Å². The molecule has 0 radical (unpaired) electrons. The van der Waals surface area contributed by atoms with Crippen molar-refractivity contribution in [2.75, 3.05) is 5.32 Å². The maximum absolute atomic E-state index is 12.0. The van der Waals surface area contributed by atoms with E-state index in [1.807, 2.05) is 0 Å². The number of hydrogen-bond donors (Lipinski definition) is 2. The van der Waals surface area contributed by atoms with Gasteiger partial charge in [-0.1, -0.05) is 23.7 Å². The molecule has 2 rings (SSSR count). The van der Waals surface area contributed by atoms with Gasteiger partial charge in [0.25, 0.3) is 5.91 Å². The Morgan fingerprint density at radius 2 is 2.26 bits per heavy atom. The van der Waals surface area contributed by atoms with E-state index < -0.39 is 6.10 Å². The standard InChI is InChI=1S/C12H12ClN3O2S/c1-7(17)6-10-14-12(19-16-10)15-11(18)8-4-2-3-5-9(8)13/h2-5,7,17H,6H2,1H3,(H,14,15,16,18)/t7-/m1/s1. The van der Waals surface area contributed by atoms with Crippen LogP contribution in [0, 0.1) is 0 Å². The normalized spacial score (nSPS) is 12.2. The van der Waals surface area contributed by atoms with Crippen LogP contribution in [0.1, 0.15) is 23.1 Å². The smallest absolute Gasteiger partial charge is 0.258 e. The zero-order chi connectivity index (χ0) is 13.8. The van der Waals surface area contributed by atoms with Gasteiger partial charge < -0.3 is 5.11 Å². The van der Waals surface area contributed by atoms with Crippen molar-refractivity contribution < 1.29 is 9.90 Å². The summed E-state index contributed by atoms with van der Waals surface area (Å²) in [4.78, 5) is 16.1. The van der Waals surface area contributed by atoms with Crippen LogP contribution in [0.5, 0.6) is 0 Å². The molecule has 0 saturated heterocycles. The molecule has 0 aliphatic heterocycles. The first-order valence-electron chi connectivity index (χ1n) is 5.63. The van der Waals surface area contributed by atoms with Gasteiger partial charge in [0.2, 0.25) is 5.13 Å². The molecular weight excluding hydrogens is 286 g/mol. The maximum Gasteiger partial charge on any atom is 0.258 e. The number of hydrogen-bond acceptors (Lipinski definition) is 5. The molecule has 100 valence electrons. The van der Waals surface area contributed by atoms with Crippen molar-refractivity contribution in [2.24, 2.45) is 0 Å². The number of aliphatic hydroxyl groups is 1. The molecule has 2 aromatic rings. The first kappa shape index (κ1) is 13.9. The molecule has 1 heterocycles. The lowest BCUT2D eigenvalue weighted by Crippen LogP contribution is -2.12. The summed E-state index contributed by atoms with van der Waals surface area (Å²) < 4.78 is 4.05. The molecule has 0 bridgehead atoms. The fourth-order valence-corrected chi connectivity index (χ4v) is 2.27. The molecule has 0 fully saturated rings. The first-order chi connectivity index (χ1) is 9.06. The van der Waals surface area contributed by atoms with Crippen LogP contribution in [0.25, 0.3) is 0 Å². The molecule has 1 aromatic heterocycles. The molecule has 0 unspecified atom stereocenters. The van der Waals surface area contributed by atoms with E-state index in [1.165, 1.54) is 0 Å². The minimum Gasteiger partial charge on any atom is -0.393 e. The number of carbonyl (C=O) groups excluding carboxylic acids is 1. The topological polar surface area (TPSA) is 75.1 Å². The second kappa shape index (κ2) is 6.10. The van der Waals surface area contributed by atoms with Crippen LogP contribution in [0.15, 0.2) is 24.3 Å². The summed E-state index contributed by atoms with van der Waals surface area (Å²) in [6.45, 7) is 1.66. The molecule has 1 aromatic carbocycles. The molecule has 2 N–H and O–H groups in total. The van der Waals surface area contributed by atoms with Gasteiger partial charge in [-0.05, 0) is 19.1 Å². The Hall–Kier alpha value is -1.50. The number of nitrogens with zero attached hydrogens (tertiary/aromatic N) is 2. The molecule has 1 atom stereocenters. The van der Waals surface area contributed by atoms with Crippen LogP contribution in [0.4, 0.5) is 5.13 Å². The number of benzene rings is 1. The van der Waals surface area contributed by atoms with Crippen LogP contribution in [0.2, 0.25) is 5.02 Å². The Kier molecular flexibility index (Phi) is 4.47. The summed E-state index contributed by atoms with van der Waals surface area (Å²) in [5.74, 6) is 0.180. The predicted molar refractivity (Wildman–Crippen MR) is 74.7 cm³/mol. The predicted octanol–water partition coefficient (Wildman–Crippen LogP) is 2.37. The zero-order valence-electron chi connectivity index (χ0n) is 10.1. The highest BCUT2D eigenvalue weighted by Crippen LogP contribution is 2.18. The summed E-state index contributed by atoms with van der Waals surface area (Å²) in [7, 11) is 0. The number of amides is 1. The number of halogens is 1. The number of carbonyl (C=O) groups is 1. The van der Waals surface area contributed by atoms with Gasteiger partial charge in [0.05, 0.1) is 16.7 Å². The molecule has 0 aliphatic carbocycles. The van der Waals surface area contributed by atoms with Gasteiger partial charge >= 0.3 is 0 Å². The molecule has 19 heavy (non-hydrogen) atoms. The van der Waals surface area contributed by atoms with Crippen LogP contribution in [0.3, 0.4) is 0 Å². The van der Waals surface area contributed by atoms with Gasteiger partial charge in [-0.2, -0.15) is 4.37 Å². The highest BCUT2D eigenvalue weighted by atomic mass is 35.5. The highest BCUT2D eigenvalue weighted by molar-refractivity contribution is 7.09. The van der Waals surface area contributed by atoms with E-state index in [2.05, 4.69) is 14.7 Å². The third-order valence-corrected chi connectivity index (χ3v) is 3.28. The Balaban J connectivity index is 2.07. The average Bonchev–Trinajstić information content (AvgIpc) is 2.76. The van der Waals surface area contributed by atoms with E-state index in [1.54, 1.807) is 31.2 Å². The fraction of sp³-hybridized carbons (Fsp3) is 0.250. The molecular formula is C12H12ClN3O2S. The lowest BCUT2D eigenvalue weighted by Gasteiger charge is -2.02. The number of anilines is 1. The minimum absolute atomic E-state index is 0.328. The number of aromatic nitrogens is 2. The van der Waals surface area contributed by atoms with Gasteiger partial charge in [-0.3, -0.25) is 10.1 Å². The van der Waals surface area contributed by atoms with E-state index in [0.717, 1.165) is 11.5 Å². The van der Waals surface area contributed by atoms with E-state index in [0.29, 0.717) is 28.0 Å². The molecule has 0 saturated carbocycles. The Morgan fingerprint density at radius 1 is 1.53 bits per heavy atom. The number of aliphatic hydroxyl groups excluding tert-OH is 1. The molecule has 1 amide bonds. The number of rotatable bonds is 4. The van der Waals surface area contributed by atoms with Gasteiger partial charge in [-0.15, -0.1) is 0 Å². The van der Waals surface area contributed by atoms with Crippen LogP contribution in [-0.2, 0) is 6.42 Å². The maximum atomic E-state index is 12.0. The van der Waals surface area contributed by atoms with Crippen molar-refractivity contribution in [3.63, 3.8) is 0 Å². The quantitative estimate of drug-likeness (QED) is 0.908. The van der Waals surface area contributed by atoms with E-state index in [-0.39, 0.29) is 5.91 Å². The SMILES string of the molecule is C[C@@H](O)Cc1nsc(NC(=O)c2ccccc2Cl)n1. The first-order valence-corrected chi connectivity index (χ1v) is 6.78. The van der Waals surface area contributed by atoms with Crippen molar-refractivity contribution in [3.05, 3.63) is 40.7 Å². The average molecular weight is 298 g/mol. The van der Waals surface area contributed by atoms with Gasteiger partial charge in [-0.25, -0.2) is 4.98 Å². The Bertz CT molecular complexity index is 586. The lowest BCUT2D eigenvalue weighted by molar-refractivity contribution is 0.102. The second-order valence-corrected chi connectivity index (χ2v) is 5.16. The summed E-state index contributed by atoms with van der Waals surface area (Å²) in [5.41, 5.74) is 0.386. The summed E-state index contributed by atoms with van der Waals surface area (Å²) in [5, 5.41) is 12.6. The summed E-state index contributed by atoms with van der Waals surface area (Å²) >= 11 is 7.01. The molecule has 5 nitrogen and oxygen atoms in total.